The zero-order chi connectivity index (χ0) is 22.3. The van der Waals surface area contributed by atoms with Gasteiger partial charge in [-0.2, -0.15) is 4.31 Å². The van der Waals surface area contributed by atoms with Gasteiger partial charge in [0.2, 0.25) is 15.9 Å². The molecule has 1 amide bonds. The highest BCUT2D eigenvalue weighted by molar-refractivity contribution is 7.89. The molecular formula is C23H30N2O5S. The summed E-state index contributed by atoms with van der Waals surface area (Å²) in [5, 5.41) is 2.99. The van der Waals surface area contributed by atoms with Crippen molar-refractivity contribution in [2.24, 2.45) is 5.92 Å². The molecule has 7 nitrogen and oxygen atoms in total. The predicted molar refractivity (Wildman–Crippen MR) is 119 cm³/mol. The molecule has 0 bridgehead atoms. The average Bonchev–Trinajstić information content (AvgIpc) is 2.81. The van der Waals surface area contributed by atoms with Crippen LogP contribution < -0.4 is 14.8 Å². The molecule has 0 atom stereocenters. The maximum atomic E-state index is 12.7. The molecular weight excluding hydrogens is 416 g/mol. The van der Waals surface area contributed by atoms with E-state index in [1.165, 1.54) is 4.31 Å². The first kappa shape index (κ1) is 23.1. The van der Waals surface area contributed by atoms with E-state index in [1.54, 1.807) is 44.6 Å². The normalized spacial score (nSPS) is 15.4. The Labute approximate surface area is 184 Å². The minimum atomic E-state index is -3.44. The largest absolute Gasteiger partial charge is 0.493 e. The summed E-state index contributed by atoms with van der Waals surface area (Å²) >= 11 is 0. The van der Waals surface area contributed by atoms with Gasteiger partial charge in [-0.15, -0.1) is 0 Å². The number of methoxy groups -OCH3 is 2. The molecule has 2 aromatic rings. The number of carbonyl (C=O) groups excluding carboxylic acids is 1. The first-order chi connectivity index (χ1) is 15.0. The number of para-hydroxylation sites is 1. The van der Waals surface area contributed by atoms with E-state index in [1.807, 2.05) is 18.2 Å². The Balaban J connectivity index is 1.44. The van der Waals surface area contributed by atoms with Crippen LogP contribution in [-0.4, -0.2) is 52.5 Å². The number of hydrogen-bond donors (Lipinski definition) is 1. The van der Waals surface area contributed by atoms with Gasteiger partial charge in [0.15, 0.2) is 11.5 Å². The van der Waals surface area contributed by atoms with Crippen LogP contribution >= 0.6 is 0 Å². The fourth-order valence-electron chi connectivity index (χ4n) is 3.84. The number of carbonyl (C=O) groups is 1. The molecule has 0 radical (unpaired) electrons. The number of aryl methyl sites for hydroxylation is 1. The lowest BCUT2D eigenvalue weighted by molar-refractivity contribution is -0.121. The van der Waals surface area contributed by atoms with E-state index in [0.29, 0.717) is 48.9 Å². The van der Waals surface area contributed by atoms with E-state index in [2.05, 4.69) is 5.32 Å². The lowest BCUT2D eigenvalue weighted by atomic mass is 9.98. The van der Waals surface area contributed by atoms with Crippen LogP contribution in [0.5, 0.6) is 11.5 Å². The Morgan fingerprint density at radius 2 is 1.74 bits per heavy atom. The van der Waals surface area contributed by atoms with Crippen LogP contribution in [0.1, 0.15) is 24.8 Å². The van der Waals surface area contributed by atoms with Gasteiger partial charge in [-0.1, -0.05) is 30.3 Å². The zero-order valence-electron chi connectivity index (χ0n) is 18.0. The molecule has 1 aliphatic rings. The maximum Gasteiger partial charge on any atom is 0.243 e. The number of piperidine rings is 1. The second kappa shape index (κ2) is 10.6. The molecule has 1 N–H and O–H groups in total. The quantitative estimate of drug-likeness (QED) is 0.640. The lowest BCUT2D eigenvalue weighted by Gasteiger charge is -2.31. The molecule has 0 spiro atoms. The summed E-state index contributed by atoms with van der Waals surface area (Å²) in [5.41, 5.74) is 0.927. The highest BCUT2D eigenvalue weighted by Gasteiger charge is 2.29. The van der Waals surface area contributed by atoms with Crippen molar-refractivity contribution in [3.05, 3.63) is 54.1 Å². The molecule has 8 heteroatoms. The van der Waals surface area contributed by atoms with E-state index >= 15 is 0 Å². The first-order valence-electron chi connectivity index (χ1n) is 10.5. The Morgan fingerprint density at radius 3 is 2.39 bits per heavy atom. The first-order valence-corrected chi connectivity index (χ1v) is 11.9. The second-order valence-corrected chi connectivity index (χ2v) is 9.56. The van der Waals surface area contributed by atoms with Crippen molar-refractivity contribution in [3.8, 4) is 11.5 Å². The van der Waals surface area contributed by atoms with Crippen LogP contribution in [0.3, 0.4) is 0 Å². The third kappa shape index (κ3) is 5.77. The zero-order valence-corrected chi connectivity index (χ0v) is 18.9. The van der Waals surface area contributed by atoms with Gasteiger partial charge in [0.05, 0.1) is 19.1 Å². The van der Waals surface area contributed by atoms with E-state index in [0.717, 1.165) is 18.4 Å². The van der Waals surface area contributed by atoms with Crippen LogP contribution in [0.4, 0.5) is 0 Å². The summed E-state index contributed by atoms with van der Waals surface area (Å²) in [6.07, 6.45) is 2.37. The smallest absolute Gasteiger partial charge is 0.243 e. The summed E-state index contributed by atoms with van der Waals surface area (Å²) in [4.78, 5) is 12.7. The Hall–Kier alpha value is -2.58. The second-order valence-electron chi connectivity index (χ2n) is 7.62. The van der Waals surface area contributed by atoms with Gasteiger partial charge in [0.1, 0.15) is 0 Å². The molecule has 3 rings (SSSR count). The fourth-order valence-corrected chi connectivity index (χ4v) is 5.33. The minimum Gasteiger partial charge on any atom is -0.493 e. The van der Waals surface area contributed by atoms with Crippen molar-refractivity contribution >= 4 is 15.9 Å². The number of sulfonamides is 1. The van der Waals surface area contributed by atoms with Gasteiger partial charge >= 0.3 is 0 Å². The van der Waals surface area contributed by atoms with Gasteiger partial charge in [0.25, 0.3) is 0 Å². The van der Waals surface area contributed by atoms with Crippen molar-refractivity contribution < 1.29 is 22.7 Å². The van der Waals surface area contributed by atoms with Crippen LogP contribution in [0.15, 0.2) is 53.4 Å². The van der Waals surface area contributed by atoms with Crippen LogP contribution in [0, 0.1) is 5.92 Å². The molecule has 1 fully saturated rings. The van der Waals surface area contributed by atoms with Crippen LogP contribution in [0.2, 0.25) is 0 Å². The molecule has 0 unspecified atom stereocenters. The third-order valence-electron chi connectivity index (χ3n) is 5.65. The monoisotopic (exact) mass is 446 g/mol. The number of hydrogen-bond acceptors (Lipinski definition) is 5. The van der Waals surface area contributed by atoms with Crippen molar-refractivity contribution in [2.75, 3.05) is 33.9 Å². The summed E-state index contributed by atoms with van der Waals surface area (Å²) in [5.74, 6) is 1.56. The molecule has 168 valence electrons. The molecule has 2 aromatic carbocycles. The minimum absolute atomic E-state index is 0.0239. The average molecular weight is 447 g/mol. The van der Waals surface area contributed by atoms with Crippen molar-refractivity contribution in [1.82, 2.24) is 9.62 Å². The number of ether oxygens (including phenoxy) is 2. The number of nitrogens with zero attached hydrogens (tertiary/aromatic N) is 1. The summed E-state index contributed by atoms with van der Waals surface area (Å²) in [6.45, 7) is 1.50. The van der Waals surface area contributed by atoms with Crippen LogP contribution in [0.25, 0.3) is 0 Å². The van der Waals surface area contributed by atoms with Gasteiger partial charge in [0, 0.05) is 26.1 Å². The lowest BCUT2D eigenvalue weighted by Crippen LogP contribution is -2.41. The van der Waals surface area contributed by atoms with E-state index in [-0.39, 0.29) is 11.8 Å². The van der Waals surface area contributed by atoms with Gasteiger partial charge < -0.3 is 14.8 Å². The van der Waals surface area contributed by atoms with Crippen LogP contribution in [-0.2, 0) is 21.2 Å². The molecule has 0 aliphatic carbocycles. The van der Waals surface area contributed by atoms with E-state index in [9.17, 15) is 13.2 Å². The Morgan fingerprint density at radius 1 is 1.03 bits per heavy atom. The SMILES string of the molecule is COc1cccc(CCC(=O)NCC2CCN(S(=O)(=O)c3ccccc3)CC2)c1OC. The summed E-state index contributed by atoms with van der Waals surface area (Å²) < 4.78 is 37.7. The van der Waals surface area contributed by atoms with Crippen molar-refractivity contribution in [1.29, 1.82) is 0 Å². The molecule has 0 aromatic heterocycles. The highest BCUT2D eigenvalue weighted by atomic mass is 32.2. The summed E-state index contributed by atoms with van der Waals surface area (Å²) in [7, 11) is -0.267. The Kier molecular flexibility index (Phi) is 7.92. The maximum absolute atomic E-state index is 12.7. The molecule has 31 heavy (non-hydrogen) atoms. The molecule has 0 saturated carbocycles. The predicted octanol–water partition coefficient (Wildman–Crippen LogP) is 2.85. The number of nitrogens with one attached hydrogen (secondary N) is 1. The number of rotatable bonds is 9. The third-order valence-corrected chi connectivity index (χ3v) is 7.56. The van der Waals surface area contributed by atoms with Crippen molar-refractivity contribution in [2.45, 2.75) is 30.6 Å². The standard InChI is InChI=1S/C23H30N2O5S/c1-29-21-10-6-7-19(23(21)30-2)11-12-22(26)24-17-18-13-15-25(16-14-18)31(27,28)20-8-4-3-5-9-20/h3-10,18H,11-17H2,1-2H3,(H,24,26). The van der Waals surface area contributed by atoms with Crippen molar-refractivity contribution in [3.63, 3.8) is 0 Å². The molecule has 1 heterocycles. The van der Waals surface area contributed by atoms with E-state index in [4.69, 9.17) is 9.47 Å². The topological polar surface area (TPSA) is 84.9 Å². The van der Waals surface area contributed by atoms with Gasteiger partial charge in [-0.05, 0) is 48.9 Å². The van der Waals surface area contributed by atoms with Gasteiger partial charge in [-0.25, -0.2) is 8.42 Å². The Bertz CT molecular complexity index is 971. The van der Waals surface area contributed by atoms with Gasteiger partial charge in [-0.3, -0.25) is 4.79 Å². The highest BCUT2D eigenvalue weighted by Crippen LogP contribution is 2.31. The van der Waals surface area contributed by atoms with E-state index < -0.39 is 10.0 Å². The number of amides is 1. The summed E-state index contributed by atoms with van der Waals surface area (Å²) in [6, 6.07) is 14.2. The molecule has 1 saturated heterocycles. The fraction of sp³-hybridized carbons (Fsp3) is 0.435. The molecule has 1 aliphatic heterocycles. The number of benzene rings is 2.